The van der Waals surface area contributed by atoms with Gasteiger partial charge >= 0.3 is 5.97 Å². The predicted octanol–water partition coefficient (Wildman–Crippen LogP) is 2.32. The smallest absolute Gasteiger partial charge is 0.358 e. The molecule has 1 rings (SSSR count). The Morgan fingerprint density at radius 1 is 1.50 bits per heavy atom. The third-order valence-corrected chi connectivity index (χ3v) is 3.71. The summed E-state index contributed by atoms with van der Waals surface area (Å²) >= 11 is 1.07. The Morgan fingerprint density at radius 3 is 2.56 bits per heavy atom. The second-order valence-electron chi connectivity index (χ2n) is 4.21. The molecule has 96 valence electrons. The molecule has 6 heteroatoms. The maximum Gasteiger partial charge on any atom is 0.358 e. The number of esters is 1. The number of nitriles is 1. The van der Waals surface area contributed by atoms with Crippen LogP contribution in [0.2, 0.25) is 0 Å². The van der Waals surface area contributed by atoms with Gasteiger partial charge in [0.15, 0.2) is 11.5 Å². The molecule has 0 bridgehead atoms. The average Bonchev–Trinajstić information content (AvgIpc) is 2.75. The van der Waals surface area contributed by atoms with Crippen LogP contribution >= 0.6 is 11.3 Å². The van der Waals surface area contributed by atoms with Crippen molar-refractivity contribution in [3.8, 4) is 6.07 Å². The summed E-state index contributed by atoms with van der Waals surface area (Å²) in [5.74, 6) is -0.880. The number of Topliss-reactive ketones (excluding diaryl/α,β-unsaturated/α-hetero) is 1. The van der Waals surface area contributed by atoms with Gasteiger partial charge in [-0.3, -0.25) is 4.79 Å². The molecule has 1 heterocycles. The van der Waals surface area contributed by atoms with E-state index < -0.39 is 11.4 Å². The van der Waals surface area contributed by atoms with Gasteiger partial charge < -0.3 is 4.74 Å². The minimum absolute atomic E-state index is 0.00711. The lowest BCUT2D eigenvalue weighted by Crippen LogP contribution is -2.14. The summed E-state index contributed by atoms with van der Waals surface area (Å²) in [5.41, 5.74) is -0.827. The van der Waals surface area contributed by atoms with Crippen LogP contribution in [0.25, 0.3) is 0 Å². The van der Waals surface area contributed by atoms with Crippen LogP contribution in [0.3, 0.4) is 0 Å². The highest BCUT2D eigenvalue weighted by molar-refractivity contribution is 7.14. The van der Waals surface area contributed by atoms with Crippen LogP contribution in [-0.4, -0.2) is 23.3 Å². The highest BCUT2D eigenvalue weighted by Gasteiger charge is 2.30. The van der Waals surface area contributed by atoms with Crippen molar-refractivity contribution in [3.63, 3.8) is 0 Å². The average molecular weight is 266 g/mol. The number of carbonyl (C=O) groups excluding carboxylic acids is 2. The number of thiazole rings is 1. The summed E-state index contributed by atoms with van der Waals surface area (Å²) in [6.07, 6.45) is 0. The minimum atomic E-state index is -0.834. The molecule has 0 amide bonds. The molecule has 0 radical (unpaired) electrons. The number of hydrogen-bond acceptors (Lipinski definition) is 6. The molecule has 0 aliphatic heterocycles. The zero-order valence-electron chi connectivity index (χ0n) is 10.7. The van der Waals surface area contributed by atoms with E-state index in [1.54, 1.807) is 20.8 Å². The molecular weight excluding hydrogens is 252 g/mol. The normalized spacial score (nSPS) is 10.8. The Labute approximate surface area is 109 Å². The Kier molecular flexibility index (Phi) is 4.19. The molecule has 0 saturated heterocycles. The summed E-state index contributed by atoms with van der Waals surface area (Å²) in [5, 5.41) is 9.49. The molecule has 0 aliphatic carbocycles. The molecule has 0 atom stereocenters. The number of nitrogens with zero attached hydrogens (tertiary/aromatic N) is 2. The summed E-state index contributed by atoms with van der Waals surface area (Å²) < 4.78 is 4.85. The van der Waals surface area contributed by atoms with E-state index in [2.05, 4.69) is 11.1 Å². The van der Waals surface area contributed by atoms with Crippen molar-refractivity contribution in [1.82, 2.24) is 4.98 Å². The zero-order valence-corrected chi connectivity index (χ0v) is 11.6. The molecular formula is C12H14N2O3S. The Bertz CT molecular complexity index is 526. The van der Waals surface area contributed by atoms with Gasteiger partial charge in [-0.1, -0.05) is 0 Å². The lowest BCUT2D eigenvalue weighted by molar-refractivity contribution is 0.0517. The fraction of sp³-hybridized carbons (Fsp3) is 0.500. The van der Waals surface area contributed by atoms with Gasteiger partial charge in [-0.25, -0.2) is 9.78 Å². The lowest BCUT2D eigenvalue weighted by atomic mass is 9.97. The van der Waals surface area contributed by atoms with Crippen molar-refractivity contribution in [1.29, 1.82) is 5.26 Å². The Hall–Kier alpha value is -1.74. The van der Waals surface area contributed by atoms with Crippen molar-refractivity contribution < 1.29 is 14.3 Å². The first-order chi connectivity index (χ1) is 8.33. The fourth-order valence-corrected chi connectivity index (χ4v) is 2.21. The predicted molar refractivity (Wildman–Crippen MR) is 66.7 cm³/mol. The second kappa shape index (κ2) is 5.27. The Balaban J connectivity index is 3.31. The van der Waals surface area contributed by atoms with Crippen LogP contribution in [-0.2, 0) is 10.2 Å². The van der Waals surface area contributed by atoms with Crippen LogP contribution < -0.4 is 0 Å². The molecule has 0 aliphatic rings. The first-order valence-corrected chi connectivity index (χ1v) is 6.25. The van der Waals surface area contributed by atoms with Gasteiger partial charge in [-0.2, -0.15) is 5.26 Å². The van der Waals surface area contributed by atoms with E-state index in [0.29, 0.717) is 5.01 Å². The first kappa shape index (κ1) is 14.3. The van der Waals surface area contributed by atoms with E-state index in [1.807, 2.05) is 0 Å². The maximum absolute atomic E-state index is 11.7. The lowest BCUT2D eigenvalue weighted by Gasteiger charge is -2.09. The largest absolute Gasteiger partial charge is 0.461 e. The molecule has 0 saturated carbocycles. The van der Waals surface area contributed by atoms with Crippen LogP contribution in [0.5, 0.6) is 0 Å². The number of ether oxygens (including phenoxy) is 1. The SMILES string of the molecule is CCOC(=O)c1nc(C(C)(C)C#N)sc1C(C)=O. The molecule has 0 aromatic carbocycles. The van der Waals surface area contributed by atoms with Gasteiger partial charge in [-0.05, 0) is 20.8 Å². The Morgan fingerprint density at radius 2 is 2.11 bits per heavy atom. The number of carbonyl (C=O) groups is 2. The molecule has 5 nitrogen and oxygen atoms in total. The highest BCUT2D eigenvalue weighted by atomic mass is 32.1. The monoisotopic (exact) mass is 266 g/mol. The highest BCUT2D eigenvalue weighted by Crippen LogP contribution is 2.30. The number of ketones is 1. The van der Waals surface area contributed by atoms with Gasteiger partial charge in [0.1, 0.15) is 15.3 Å². The van der Waals surface area contributed by atoms with Crippen LogP contribution in [0.4, 0.5) is 0 Å². The molecule has 18 heavy (non-hydrogen) atoms. The summed E-state index contributed by atoms with van der Waals surface area (Å²) in [6, 6.07) is 2.09. The van der Waals surface area contributed by atoms with Crippen LogP contribution in [0, 0.1) is 11.3 Å². The minimum Gasteiger partial charge on any atom is -0.461 e. The third kappa shape index (κ3) is 2.74. The molecule has 0 spiro atoms. The quantitative estimate of drug-likeness (QED) is 0.617. The standard InChI is InChI=1S/C12H14N2O3S/c1-5-17-10(16)8-9(7(2)15)18-11(14-8)12(3,4)6-13/h5H2,1-4H3. The van der Waals surface area contributed by atoms with E-state index in [0.717, 1.165) is 11.3 Å². The fourth-order valence-electron chi connectivity index (χ4n) is 1.21. The van der Waals surface area contributed by atoms with Crippen LogP contribution in [0.15, 0.2) is 0 Å². The topological polar surface area (TPSA) is 80.0 Å². The molecule has 0 fully saturated rings. The van der Waals surface area contributed by atoms with Crippen LogP contribution in [0.1, 0.15) is 52.9 Å². The molecule has 0 unspecified atom stereocenters. The third-order valence-electron chi connectivity index (χ3n) is 2.23. The van der Waals surface area contributed by atoms with E-state index >= 15 is 0 Å². The molecule has 0 N–H and O–H groups in total. The van der Waals surface area contributed by atoms with Gasteiger partial charge in [0, 0.05) is 6.92 Å². The van der Waals surface area contributed by atoms with Gasteiger partial charge in [0.25, 0.3) is 0 Å². The first-order valence-electron chi connectivity index (χ1n) is 5.44. The zero-order chi connectivity index (χ0) is 13.9. The summed E-state index contributed by atoms with van der Waals surface area (Å²) in [6.45, 7) is 6.62. The van der Waals surface area contributed by atoms with E-state index in [-0.39, 0.29) is 23.0 Å². The summed E-state index contributed by atoms with van der Waals surface area (Å²) in [7, 11) is 0. The molecule has 1 aromatic rings. The van der Waals surface area contributed by atoms with Crippen molar-refractivity contribution in [3.05, 3.63) is 15.6 Å². The van der Waals surface area contributed by atoms with Crippen molar-refractivity contribution in [2.45, 2.75) is 33.1 Å². The number of aromatic nitrogens is 1. The number of hydrogen-bond donors (Lipinski definition) is 0. The molecule has 1 aromatic heterocycles. The van der Waals surface area contributed by atoms with Crippen molar-refractivity contribution >= 4 is 23.1 Å². The van der Waals surface area contributed by atoms with Crippen molar-refractivity contribution in [2.24, 2.45) is 0 Å². The summed E-state index contributed by atoms with van der Waals surface area (Å²) in [4.78, 5) is 27.5. The van der Waals surface area contributed by atoms with Gasteiger partial charge in [0.05, 0.1) is 12.7 Å². The van der Waals surface area contributed by atoms with Crippen molar-refractivity contribution in [2.75, 3.05) is 6.61 Å². The van der Waals surface area contributed by atoms with Gasteiger partial charge in [-0.15, -0.1) is 11.3 Å². The van der Waals surface area contributed by atoms with E-state index in [4.69, 9.17) is 10.00 Å². The van der Waals surface area contributed by atoms with E-state index in [1.165, 1.54) is 6.92 Å². The van der Waals surface area contributed by atoms with Gasteiger partial charge in [0.2, 0.25) is 0 Å². The van der Waals surface area contributed by atoms with E-state index in [9.17, 15) is 9.59 Å². The maximum atomic E-state index is 11.7. The second-order valence-corrected chi connectivity index (χ2v) is 5.21. The number of rotatable bonds is 4.